The number of aromatic nitrogens is 2. The summed E-state index contributed by atoms with van der Waals surface area (Å²) in [6.07, 6.45) is 4.30. The Labute approximate surface area is 146 Å². The zero-order valence-electron chi connectivity index (χ0n) is 14.6. The van der Waals surface area contributed by atoms with Crippen LogP contribution >= 0.6 is 0 Å². The van der Waals surface area contributed by atoms with Crippen molar-refractivity contribution in [2.24, 2.45) is 0 Å². The molecule has 0 radical (unpaired) electrons. The van der Waals surface area contributed by atoms with E-state index < -0.39 is 6.04 Å². The first-order chi connectivity index (χ1) is 12.1. The van der Waals surface area contributed by atoms with Crippen molar-refractivity contribution in [3.05, 3.63) is 46.8 Å². The van der Waals surface area contributed by atoms with Gasteiger partial charge in [0.25, 0.3) is 5.56 Å². The predicted octanol–water partition coefficient (Wildman–Crippen LogP) is 2.54. The lowest BCUT2D eigenvalue weighted by Crippen LogP contribution is -2.40. The van der Waals surface area contributed by atoms with Crippen molar-refractivity contribution in [3.63, 3.8) is 0 Å². The molecule has 3 rings (SSSR count). The molecular weight excluding hydrogens is 318 g/mol. The summed E-state index contributed by atoms with van der Waals surface area (Å²) in [4.78, 5) is 24.6. The predicted molar refractivity (Wildman–Crippen MR) is 95.6 cm³/mol. The number of methoxy groups -OCH3 is 1. The second-order valence-corrected chi connectivity index (χ2v) is 6.40. The van der Waals surface area contributed by atoms with E-state index in [-0.39, 0.29) is 17.5 Å². The van der Waals surface area contributed by atoms with Gasteiger partial charge in [0.2, 0.25) is 5.91 Å². The number of hydrogen-bond acceptors (Lipinski definition) is 4. The molecule has 1 aromatic heterocycles. The number of carbonyl (C=O) groups excluding carboxylic acids is 1. The maximum atomic E-state index is 12.5. The number of hydrogen-bond donors (Lipinski definition) is 1. The van der Waals surface area contributed by atoms with Crippen LogP contribution in [0.1, 0.15) is 38.6 Å². The van der Waals surface area contributed by atoms with Gasteiger partial charge in [-0.3, -0.25) is 9.59 Å². The van der Waals surface area contributed by atoms with Gasteiger partial charge in [-0.15, -0.1) is 0 Å². The summed E-state index contributed by atoms with van der Waals surface area (Å²) in [6.45, 7) is 1.70. The van der Waals surface area contributed by atoms with E-state index in [2.05, 4.69) is 10.4 Å². The number of benzene rings is 1. The van der Waals surface area contributed by atoms with Crippen LogP contribution < -0.4 is 15.6 Å². The fourth-order valence-electron chi connectivity index (χ4n) is 3.12. The van der Waals surface area contributed by atoms with Gasteiger partial charge in [0.05, 0.1) is 12.8 Å². The molecule has 1 amide bonds. The van der Waals surface area contributed by atoms with E-state index in [1.54, 1.807) is 20.1 Å². The molecule has 1 fully saturated rings. The van der Waals surface area contributed by atoms with E-state index in [4.69, 9.17) is 4.74 Å². The van der Waals surface area contributed by atoms with Crippen molar-refractivity contribution < 1.29 is 9.53 Å². The smallest absolute Gasteiger partial charge is 0.267 e. The minimum absolute atomic E-state index is 0.159. The van der Waals surface area contributed by atoms with Gasteiger partial charge < -0.3 is 10.1 Å². The Balaban J connectivity index is 1.82. The van der Waals surface area contributed by atoms with Crippen LogP contribution in [-0.2, 0) is 4.79 Å². The first kappa shape index (κ1) is 17.2. The number of nitrogens with one attached hydrogen (secondary N) is 1. The number of carbonyl (C=O) groups is 1. The number of amides is 1. The lowest BCUT2D eigenvalue weighted by molar-refractivity contribution is -0.124. The largest absolute Gasteiger partial charge is 0.497 e. The van der Waals surface area contributed by atoms with E-state index in [9.17, 15) is 9.59 Å². The first-order valence-electron chi connectivity index (χ1n) is 8.63. The molecule has 2 aromatic rings. The fraction of sp³-hybridized carbons (Fsp3) is 0.421. The Kier molecular flexibility index (Phi) is 5.16. The van der Waals surface area contributed by atoms with Crippen LogP contribution in [0.2, 0.25) is 0 Å². The number of nitrogens with zero attached hydrogens (tertiary/aromatic N) is 2. The van der Waals surface area contributed by atoms with Gasteiger partial charge >= 0.3 is 0 Å². The van der Waals surface area contributed by atoms with E-state index in [1.807, 2.05) is 24.3 Å². The van der Waals surface area contributed by atoms with Crippen LogP contribution in [0, 0.1) is 0 Å². The highest BCUT2D eigenvalue weighted by Crippen LogP contribution is 2.21. The fourth-order valence-corrected chi connectivity index (χ4v) is 3.12. The third-order valence-electron chi connectivity index (χ3n) is 4.66. The van der Waals surface area contributed by atoms with Crippen LogP contribution in [0.4, 0.5) is 0 Å². The van der Waals surface area contributed by atoms with Crippen LogP contribution in [-0.4, -0.2) is 28.8 Å². The van der Waals surface area contributed by atoms with Gasteiger partial charge in [-0.1, -0.05) is 12.8 Å². The van der Waals surface area contributed by atoms with Crippen molar-refractivity contribution in [1.82, 2.24) is 15.1 Å². The van der Waals surface area contributed by atoms with Crippen molar-refractivity contribution in [2.75, 3.05) is 7.11 Å². The van der Waals surface area contributed by atoms with Gasteiger partial charge in [-0.05, 0) is 50.1 Å². The highest BCUT2D eigenvalue weighted by Gasteiger charge is 2.23. The minimum atomic E-state index is -0.647. The van der Waals surface area contributed by atoms with Gasteiger partial charge in [-0.2, -0.15) is 5.10 Å². The molecule has 132 valence electrons. The Morgan fingerprint density at radius 1 is 1.20 bits per heavy atom. The minimum Gasteiger partial charge on any atom is -0.497 e. The van der Waals surface area contributed by atoms with Crippen molar-refractivity contribution in [3.8, 4) is 17.0 Å². The average Bonchev–Trinajstić information content (AvgIpc) is 3.14. The Morgan fingerprint density at radius 2 is 1.88 bits per heavy atom. The zero-order chi connectivity index (χ0) is 17.8. The molecule has 0 spiro atoms. The molecule has 1 saturated carbocycles. The number of ether oxygens (including phenoxy) is 1. The molecule has 6 heteroatoms. The summed E-state index contributed by atoms with van der Waals surface area (Å²) in [7, 11) is 1.61. The summed E-state index contributed by atoms with van der Waals surface area (Å²) < 4.78 is 6.41. The lowest BCUT2D eigenvalue weighted by atomic mass is 10.1. The second-order valence-electron chi connectivity index (χ2n) is 6.40. The monoisotopic (exact) mass is 341 g/mol. The summed E-state index contributed by atoms with van der Waals surface area (Å²) in [5, 5.41) is 7.42. The van der Waals surface area contributed by atoms with Crippen LogP contribution in [0.3, 0.4) is 0 Å². The van der Waals surface area contributed by atoms with Gasteiger partial charge in [0, 0.05) is 17.7 Å². The third-order valence-corrected chi connectivity index (χ3v) is 4.66. The standard InChI is InChI=1S/C19H23N3O3/c1-13(19(24)20-15-5-3-4-6-15)22-18(23)12-11-17(21-22)14-7-9-16(25-2)10-8-14/h7-13,15H,3-6H2,1-2H3,(H,20,24)/t13-/m0/s1. The molecule has 1 aliphatic carbocycles. The lowest BCUT2D eigenvalue weighted by Gasteiger charge is -2.18. The molecule has 25 heavy (non-hydrogen) atoms. The van der Waals surface area contributed by atoms with E-state index >= 15 is 0 Å². The topological polar surface area (TPSA) is 73.2 Å². The molecule has 1 aromatic carbocycles. The quantitative estimate of drug-likeness (QED) is 0.907. The molecule has 1 heterocycles. The van der Waals surface area contributed by atoms with Gasteiger partial charge in [0.1, 0.15) is 11.8 Å². The Morgan fingerprint density at radius 3 is 2.52 bits per heavy atom. The van der Waals surface area contributed by atoms with Crippen molar-refractivity contribution in [1.29, 1.82) is 0 Å². The molecule has 6 nitrogen and oxygen atoms in total. The maximum absolute atomic E-state index is 12.5. The Bertz CT molecular complexity index is 792. The molecule has 0 unspecified atom stereocenters. The van der Waals surface area contributed by atoms with Crippen LogP contribution in [0.5, 0.6) is 5.75 Å². The summed E-state index contributed by atoms with van der Waals surface area (Å²) >= 11 is 0. The first-order valence-corrected chi connectivity index (χ1v) is 8.63. The molecule has 1 atom stereocenters. The Hall–Kier alpha value is -2.63. The van der Waals surface area contributed by atoms with E-state index in [0.717, 1.165) is 37.0 Å². The summed E-state index contributed by atoms with van der Waals surface area (Å²) in [5.41, 5.74) is 1.21. The molecule has 1 N–H and O–H groups in total. The zero-order valence-corrected chi connectivity index (χ0v) is 14.6. The maximum Gasteiger partial charge on any atom is 0.267 e. The molecule has 0 aliphatic heterocycles. The van der Waals surface area contributed by atoms with Gasteiger partial charge in [-0.25, -0.2) is 4.68 Å². The molecule has 0 bridgehead atoms. The highest BCUT2D eigenvalue weighted by molar-refractivity contribution is 5.80. The van der Waals surface area contributed by atoms with Crippen molar-refractivity contribution in [2.45, 2.75) is 44.7 Å². The SMILES string of the molecule is COc1ccc(-c2ccc(=O)n([C@@H](C)C(=O)NC3CCCC3)n2)cc1. The molecule has 1 aliphatic rings. The number of rotatable bonds is 5. The average molecular weight is 341 g/mol. The van der Waals surface area contributed by atoms with Crippen LogP contribution in [0.25, 0.3) is 11.3 Å². The second kappa shape index (κ2) is 7.51. The molecular formula is C19H23N3O3. The normalized spacial score (nSPS) is 15.8. The van der Waals surface area contributed by atoms with Gasteiger partial charge in [0.15, 0.2) is 0 Å². The third kappa shape index (κ3) is 3.90. The summed E-state index contributed by atoms with van der Waals surface area (Å²) in [6, 6.07) is 10.1. The summed E-state index contributed by atoms with van der Waals surface area (Å²) in [5.74, 6) is 0.592. The molecule has 0 saturated heterocycles. The highest BCUT2D eigenvalue weighted by atomic mass is 16.5. The van der Waals surface area contributed by atoms with E-state index in [1.165, 1.54) is 10.7 Å². The van der Waals surface area contributed by atoms with Crippen LogP contribution in [0.15, 0.2) is 41.2 Å². The van der Waals surface area contributed by atoms with Crippen molar-refractivity contribution >= 4 is 5.91 Å². The van der Waals surface area contributed by atoms with E-state index in [0.29, 0.717) is 5.69 Å².